The lowest BCUT2D eigenvalue weighted by Gasteiger charge is -2.19. The molecule has 3 heterocycles. The van der Waals surface area contributed by atoms with Crippen LogP contribution in [0.3, 0.4) is 0 Å². The third-order valence-electron chi connectivity index (χ3n) is 3.98. The highest BCUT2D eigenvalue weighted by Crippen LogP contribution is 2.27. The van der Waals surface area contributed by atoms with Crippen LogP contribution in [0.2, 0.25) is 0 Å². The van der Waals surface area contributed by atoms with Crippen LogP contribution < -0.4 is 5.32 Å². The molecule has 2 fully saturated rings. The van der Waals surface area contributed by atoms with E-state index in [0.29, 0.717) is 5.92 Å². The Kier molecular flexibility index (Phi) is 4.20. The number of thioether (sulfide) groups is 1. The van der Waals surface area contributed by atoms with E-state index in [1.807, 2.05) is 0 Å². The van der Waals surface area contributed by atoms with Crippen molar-refractivity contribution < 1.29 is 4.52 Å². The van der Waals surface area contributed by atoms with E-state index in [1.54, 1.807) is 0 Å². The summed E-state index contributed by atoms with van der Waals surface area (Å²) in [5.74, 6) is 5.64. The van der Waals surface area contributed by atoms with Crippen molar-refractivity contribution >= 4 is 11.8 Å². The zero-order valence-corrected chi connectivity index (χ0v) is 11.5. The molecule has 0 bridgehead atoms. The van der Waals surface area contributed by atoms with E-state index in [4.69, 9.17) is 4.52 Å². The van der Waals surface area contributed by atoms with Gasteiger partial charge in [-0.1, -0.05) is 5.16 Å². The molecule has 0 saturated carbocycles. The minimum atomic E-state index is 0.481. The second-order valence-corrected chi connectivity index (χ2v) is 6.56. The maximum Gasteiger partial charge on any atom is 0.229 e. The summed E-state index contributed by atoms with van der Waals surface area (Å²) >= 11 is 2.07. The number of aromatic nitrogens is 2. The largest absolute Gasteiger partial charge is 0.339 e. The van der Waals surface area contributed by atoms with Crippen molar-refractivity contribution in [1.29, 1.82) is 0 Å². The summed E-state index contributed by atoms with van der Waals surface area (Å²) in [6, 6.07) is 0. The van der Waals surface area contributed by atoms with Gasteiger partial charge >= 0.3 is 0 Å². The van der Waals surface area contributed by atoms with E-state index in [2.05, 4.69) is 27.2 Å². The van der Waals surface area contributed by atoms with Gasteiger partial charge in [0.15, 0.2) is 5.82 Å². The second kappa shape index (κ2) is 6.06. The molecule has 0 amide bonds. The Morgan fingerprint density at radius 1 is 1.17 bits per heavy atom. The summed E-state index contributed by atoms with van der Waals surface area (Å²) in [5.41, 5.74) is 0. The molecule has 18 heavy (non-hydrogen) atoms. The van der Waals surface area contributed by atoms with Crippen LogP contribution in [0.5, 0.6) is 0 Å². The molecule has 3 rings (SSSR count). The lowest BCUT2D eigenvalue weighted by Crippen LogP contribution is -2.26. The van der Waals surface area contributed by atoms with Crippen LogP contribution in [0.15, 0.2) is 4.52 Å². The lowest BCUT2D eigenvalue weighted by molar-refractivity contribution is 0.316. The fourth-order valence-corrected chi connectivity index (χ4v) is 4.00. The molecule has 0 aliphatic carbocycles. The normalized spacial score (nSPS) is 23.3. The first-order valence-corrected chi connectivity index (χ1v) is 8.18. The first-order valence-electron chi connectivity index (χ1n) is 7.03. The molecule has 1 aromatic rings. The highest BCUT2D eigenvalue weighted by atomic mass is 32.2. The van der Waals surface area contributed by atoms with Gasteiger partial charge in [-0.05, 0) is 56.2 Å². The fourth-order valence-electron chi connectivity index (χ4n) is 2.79. The van der Waals surface area contributed by atoms with Crippen molar-refractivity contribution in [3.8, 4) is 0 Å². The fraction of sp³-hybridized carbons (Fsp3) is 0.846. The first-order chi connectivity index (χ1) is 8.92. The smallest absolute Gasteiger partial charge is 0.229 e. The van der Waals surface area contributed by atoms with Crippen LogP contribution in [0, 0.1) is 5.92 Å². The summed E-state index contributed by atoms with van der Waals surface area (Å²) < 4.78 is 5.45. The zero-order valence-electron chi connectivity index (χ0n) is 10.7. The molecule has 0 radical (unpaired) electrons. The molecule has 2 saturated heterocycles. The van der Waals surface area contributed by atoms with Gasteiger partial charge in [0.2, 0.25) is 5.89 Å². The lowest BCUT2D eigenvalue weighted by atomic mass is 9.97. The number of piperidine rings is 1. The van der Waals surface area contributed by atoms with Crippen molar-refractivity contribution in [2.45, 2.75) is 38.0 Å². The number of nitrogens with one attached hydrogen (secondary N) is 1. The van der Waals surface area contributed by atoms with Crippen LogP contribution in [0.25, 0.3) is 0 Å². The average Bonchev–Trinajstić information content (AvgIpc) is 2.89. The van der Waals surface area contributed by atoms with Gasteiger partial charge in [0.25, 0.3) is 0 Å². The number of hydrogen-bond acceptors (Lipinski definition) is 5. The van der Waals surface area contributed by atoms with Crippen LogP contribution >= 0.6 is 11.8 Å². The Bertz CT molecular complexity index is 370. The molecule has 0 unspecified atom stereocenters. The minimum absolute atomic E-state index is 0.481. The molecule has 100 valence electrons. The Hall–Kier alpha value is -0.550. The van der Waals surface area contributed by atoms with Crippen LogP contribution in [-0.2, 0) is 6.42 Å². The highest BCUT2D eigenvalue weighted by molar-refractivity contribution is 7.99. The van der Waals surface area contributed by atoms with E-state index in [-0.39, 0.29) is 0 Å². The van der Waals surface area contributed by atoms with E-state index >= 15 is 0 Å². The predicted octanol–water partition coefficient (Wildman–Crippen LogP) is 2.22. The predicted molar refractivity (Wildman–Crippen MR) is 72.9 cm³/mol. The van der Waals surface area contributed by atoms with E-state index in [0.717, 1.165) is 50.0 Å². The Morgan fingerprint density at radius 2 is 1.94 bits per heavy atom. The van der Waals surface area contributed by atoms with Crippen molar-refractivity contribution in [3.05, 3.63) is 11.7 Å². The molecule has 0 spiro atoms. The molecule has 2 aliphatic heterocycles. The van der Waals surface area contributed by atoms with Gasteiger partial charge in [-0.25, -0.2) is 0 Å². The monoisotopic (exact) mass is 267 g/mol. The summed E-state index contributed by atoms with van der Waals surface area (Å²) in [6.45, 7) is 2.14. The zero-order chi connectivity index (χ0) is 12.2. The van der Waals surface area contributed by atoms with E-state index in [1.165, 1.54) is 24.3 Å². The van der Waals surface area contributed by atoms with Gasteiger partial charge in [0, 0.05) is 12.3 Å². The maximum atomic E-state index is 5.45. The quantitative estimate of drug-likeness (QED) is 0.910. The Labute approximate surface area is 112 Å². The van der Waals surface area contributed by atoms with Gasteiger partial charge < -0.3 is 9.84 Å². The van der Waals surface area contributed by atoms with E-state index < -0.39 is 0 Å². The van der Waals surface area contributed by atoms with Gasteiger partial charge in [-0.15, -0.1) is 0 Å². The van der Waals surface area contributed by atoms with Crippen molar-refractivity contribution in [3.63, 3.8) is 0 Å². The van der Waals surface area contributed by atoms with Gasteiger partial charge in [-0.3, -0.25) is 0 Å². The van der Waals surface area contributed by atoms with Crippen LogP contribution in [0.4, 0.5) is 0 Å². The average molecular weight is 267 g/mol. The third-order valence-corrected chi connectivity index (χ3v) is 5.03. The number of nitrogens with zero attached hydrogens (tertiary/aromatic N) is 2. The van der Waals surface area contributed by atoms with Gasteiger partial charge in [-0.2, -0.15) is 16.7 Å². The molecule has 2 aliphatic rings. The SMILES string of the molecule is C1CC(c2nc(CC3CCSCC3)no2)CCN1. The van der Waals surface area contributed by atoms with E-state index in [9.17, 15) is 0 Å². The minimum Gasteiger partial charge on any atom is -0.339 e. The maximum absolute atomic E-state index is 5.45. The molecule has 1 N–H and O–H groups in total. The van der Waals surface area contributed by atoms with Crippen LogP contribution in [-0.4, -0.2) is 34.7 Å². The molecule has 4 nitrogen and oxygen atoms in total. The molecule has 5 heteroatoms. The molecular formula is C13H21N3OS. The van der Waals surface area contributed by atoms with Crippen LogP contribution in [0.1, 0.15) is 43.3 Å². The topological polar surface area (TPSA) is 51.0 Å². The Morgan fingerprint density at radius 3 is 2.72 bits per heavy atom. The van der Waals surface area contributed by atoms with Crippen molar-refractivity contribution in [2.24, 2.45) is 5.92 Å². The van der Waals surface area contributed by atoms with Crippen molar-refractivity contribution in [2.75, 3.05) is 24.6 Å². The first kappa shape index (κ1) is 12.5. The van der Waals surface area contributed by atoms with Gasteiger partial charge in [0.05, 0.1) is 0 Å². The second-order valence-electron chi connectivity index (χ2n) is 5.33. The highest BCUT2D eigenvalue weighted by Gasteiger charge is 2.23. The third kappa shape index (κ3) is 3.06. The summed E-state index contributed by atoms with van der Waals surface area (Å²) in [5, 5.41) is 7.54. The summed E-state index contributed by atoms with van der Waals surface area (Å²) in [4.78, 5) is 4.62. The Balaban J connectivity index is 1.58. The molecule has 1 aromatic heterocycles. The number of rotatable bonds is 3. The standard InChI is InChI=1S/C13H21N3OS/c1-5-14-6-2-11(1)13-15-12(16-17-13)9-10-3-7-18-8-4-10/h10-11,14H,1-9H2. The van der Waals surface area contributed by atoms with Crippen molar-refractivity contribution in [1.82, 2.24) is 15.5 Å². The molecule has 0 aromatic carbocycles. The number of hydrogen-bond donors (Lipinski definition) is 1. The molecular weight excluding hydrogens is 246 g/mol. The summed E-state index contributed by atoms with van der Waals surface area (Å²) in [6.07, 6.45) is 5.88. The summed E-state index contributed by atoms with van der Waals surface area (Å²) in [7, 11) is 0. The van der Waals surface area contributed by atoms with Gasteiger partial charge in [0.1, 0.15) is 0 Å². The molecule has 0 atom stereocenters.